The Kier molecular flexibility index (Phi) is 2.97. The lowest BCUT2D eigenvalue weighted by molar-refractivity contribution is 0.0797. The van der Waals surface area contributed by atoms with Crippen molar-refractivity contribution in [3.8, 4) is 0 Å². The Morgan fingerprint density at radius 3 is 2.53 bits per heavy atom. The lowest BCUT2D eigenvalue weighted by Gasteiger charge is -2.46. The van der Waals surface area contributed by atoms with E-state index < -0.39 is 0 Å². The van der Waals surface area contributed by atoms with E-state index in [-0.39, 0.29) is 11.6 Å². The minimum Gasteiger partial charge on any atom is -0.362 e. The summed E-state index contributed by atoms with van der Waals surface area (Å²) in [6.45, 7) is 6.49. The molecular formula is C15H21N3O. The topological polar surface area (TPSA) is 44.4 Å². The van der Waals surface area contributed by atoms with Crippen LogP contribution in [0.1, 0.15) is 37.0 Å². The van der Waals surface area contributed by atoms with Gasteiger partial charge in [-0.15, -0.1) is 0 Å². The maximum Gasteiger partial charge on any atom is 0.255 e. The monoisotopic (exact) mass is 259 g/mol. The van der Waals surface area contributed by atoms with E-state index in [1.54, 1.807) is 0 Å². The highest BCUT2D eigenvalue weighted by atomic mass is 16.2. The van der Waals surface area contributed by atoms with Gasteiger partial charge in [0.15, 0.2) is 0 Å². The molecule has 1 aromatic carbocycles. The number of nitrogens with one attached hydrogen (secondary N) is 2. The van der Waals surface area contributed by atoms with Gasteiger partial charge in [0.1, 0.15) is 5.66 Å². The fourth-order valence-electron chi connectivity index (χ4n) is 3.04. The Morgan fingerprint density at radius 1 is 1.16 bits per heavy atom. The molecule has 0 saturated carbocycles. The molecule has 19 heavy (non-hydrogen) atoms. The molecule has 0 unspecified atom stereocenters. The van der Waals surface area contributed by atoms with Crippen molar-refractivity contribution in [1.29, 1.82) is 0 Å². The normalized spacial score (nSPS) is 21.9. The van der Waals surface area contributed by atoms with Crippen molar-refractivity contribution >= 4 is 11.6 Å². The summed E-state index contributed by atoms with van der Waals surface area (Å²) in [6.07, 6.45) is 1.90. The molecule has 4 heteroatoms. The quantitative estimate of drug-likeness (QED) is 0.811. The number of anilines is 1. The zero-order valence-corrected chi connectivity index (χ0v) is 11.6. The van der Waals surface area contributed by atoms with E-state index in [9.17, 15) is 4.79 Å². The van der Waals surface area contributed by atoms with Crippen LogP contribution in [0.4, 0.5) is 5.69 Å². The van der Waals surface area contributed by atoms with Crippen molar-refractivity contribution in [2.75, 3.05) is 18.4 Å². The number of hydrogen-bond donors (Lipinski definition) is 2. The minimum atomic E-state index is -0.253. The van der Waals surface area contributed by atoms with Gasteiger partial charge in [0.25, 0.3) is 5.91 Å². The molecule has 1 aromatic rings. The minimum absolute atomic E-state index is 0.0485. The van der Waals surface area contributed by atoms with Crippen molar-refractivity contribution in [3.63, 3.8) is 0 Å². The second-order valence-electron chi connectivity index (χ2n) is 5.84. The number of para-hydroxylation sites is 1. The number of hydrogen-bond acceptors (Lipinski definition) is 3. The van der Waals surface area contributed by atoms with Crippen LogP contribution < -0.4 is 10.6 Å². The van der Waals surface area contributed by atoms with Gasteiger partial charge in [0.05, 0.1) is 5.56 Å². The molecule has 1 saturated heterocycles. The van der Waals surface area contributed by atoms with E-state index in [4.69, 9.17) is 0 Å². The van der Waals surface area contributed by atoms with E-state index >= 15 is 0 Å². The molecule has 2 aliphatic heterocycles. The second-order valence-corrected chi connectivity index (χ2v) is 5.84. The van der Waals surface area contributed by atoms with Crippen LogP contribution in [-0.4, -0.2) is 35.6 Å². The molecule has 0 bridgehead atoms. The van der Waals surface area contributed by atoms with Gasteiger partial charge in [0, 0.05) is 37.7 Å². The fraction of sp³-hybridized carbons (Fsp3) is 0.533. The van der Waals surface area contributed by atoms with Gasteiger partial charge in [-0.1, -0.05) is 12.1 Å². The van der Waals surface area contributed by atoms with Gasteiger partial charge in [-0.2, -0.15) is 0 Å². The third-order valence-corrected chi connectivity index (χ3v) is 4.28. The number of carbonyl (C=O) groups excluding carboxylic acids is 1. The molecule has 102 valence electrons. The van der Waals surface area contributed by atoms with Crippen LogP contribution in [0.5, 0.6) is 0 Å². The largest absolute Gasteiger partial charge is 0.362 e. The molecule has 1 fully saturated rings. The maximum atomic E-state index is 12.2. The summed E-state index contributed by atoms with van der Waals surface area (Å²) in [5, 5.41) is 6.71. The van der Waals surface area contributed by atoms with Crippen molar-refractivity contribution in [2.24, 2.45) is 0 Å². The van der Waals surface area contributed by atoms with E-state index in [0.29, 0.717) is 6.04 Å². The highest BCUT2D eigenvalue weighted by Crippen LogP contribution is 2.31. The summed E-state index contributed by atoms with van der Waals surface area (Å²) < 4.78 is 0. The number of likely N-dealkylation sites (tertiary alicyclic amines) is 1. The van der Waals surface area contributed by atoms with Gasteiger partial charge in [0.2, 0.25) is 0 Å². The molecule has 2 N–H and O–H groups in total. The van der Waals surface area contributed by atoms with Gasteiger partial charge >= 0.3 is 0 Å². The van der Waals surface area contributed by atoms with Crippen LogP contribution in [0.3, 0.4) is 0 Å². The Balaban J connectivity index is 1.80. The smallest absolute Gasteiger partial charge is 0.255 e. The maximum absolute atomic E-state index is 12.2. The fourth-order valence-corrected chi connectivity index (χ4v) is 3.04. The molecule has 0 atom stereocenters. The summed E-state index contributed by atoms with van der Waals surface area (Å²) in [4.78, 5) is 14.7. The summed E-state index contributed by atoms with van der Waals surface area (Å²) >= 11 is 0. The number of carbonyl (C=O) groups is 1. The first-order valence-corrected chi connectivity index (χ1v) is 7.03. The van der Waals surface area contributed by atoms with E-state index in [0.717, 1.165) is 37.2 Å². The second kappa shape index (κ2) is 4.53. The van der Waals surface area contributed by atoms with Gasteiger partial charge in [-0.3, -0.25) is 4.79 Å². The van der Waals surface area contributed by atoms with Crippen LogP contribution >= 0.6 is 0 Å². The van der Waals surface area contributed by atoms with Gasteiger partial charge < -0.3 is 15.5 Å². The van der Waals surface area contributed by atoms with Gasteiger partial charge in [-0.05, 0) is 26.0 Å². The Labute approximate surface area is 114 Å². The Bertz CT molecular complexity index is 490. The van der Waals surface area contributed by atoms with Crippen LogP contribution in [0.2, 0.25) is 0 Å². The molecule has 4 nitrogen and oxygen atoms in total. The van der Waals surface area contributed by atoms with Crippen molar-refractivity contribution < 1.29 is 4.79 Å². The van der Waals surface area contributed by atoms with Crippen molar-refractivity contribution in [1.82, 2.24) is 10.2 Å². The number of amides is 1. The highest BCUT2D eigenvalue weighted by molar-refractivity contribution is 6.02. The van der Waals surface area contributed by atoms with Crippen LogP contribution in [0.15, 0.2) is 24.3 Å². The van der Waals surface area contributed by atoms with Crippen LogP contribution in [0.25, 0.3) is 0 Å². The molecular weight excluding hydrogens is 238 g/mol. The molecule has 0 aromatic heterocycles. The van der Waals surface area contributed by atoms with Gasteiger partial charge in [-0.25, -0.2) is 0 Å². The first-order chi connectivity index (χ1) is 9.10. The standard InChI is InChI=1S/C15H21N3O/c1-11(2)18-9-7-15(8-10-18)16-13-6-4-3-5-12(13)14(19)17-15/h3-6,11,16H,7-10H2,1-2H3,(H,17,19). The number of rotatable bonds is 1. The Morgan fingerprint density at radius 2 is 1.84 bits per heavy atom. The predicted molar refractivity (Wildman–Crippen MR) is 76.2 cm³/mol. The van der Waals surface area contributed by atoms with E-state index in [1.165, 1.54) is 0 Å². The third-order valence-electron chi connectivity index (χ3n) is 4.28. The molecule has 2 heterocycles. The lowest BCUT2D eigenvalue weighted by Crippen LogP contribution is -2.62. The first kappa shape index (κ1) is 12.5. The SMILES string of the molecule is CC(C)N1CCC2(CC1)NC(=O)c1ccccc1N2. The number of nitrogens with zero attached hydrogens (tertiary/aromatic N) is 1. The average molecular weight is 259 g/mol. The van der Waals surface area contributed by atoms with E-state index in [1.807, 2.05) is 24.3 Å². The zero-order valence-electron chi connectivity index (χ0n) is 11.6. The molecule has 1 amide bonds. The number of benzene rings is 1. The first-order valence-electron chi connectivity index (χ1n) is 7.03. The summed E-state index contributed by atoms with van der Waals surface area (Å²) in [6, 6.07) is 8.31. The highest BCUT2D eigenvalue weighted by Gasteiger charge is 2.40. The number of fused-ring (bicyclic) bond motifs is 1. The third kappa shape index (κ3) is 2.21. The van der Waals surface area contributed by atoms with Crippen LogP contribution in [-0.2, 0) is 0 Å². The van der Waals surface area contributed by atoms with E-state index in [2.05, 4.69) is 29.4 Å². The molecule has 3 rings (SSSR count). The summed E-state index contributed by atoms with van der Waals surface area (Å²) in [5.41, 5.74) is 1.46. The zero-order chi connectivity index (χ0) is 13.5. The van der Waals surface area contributed by atoms with Crippen LogP contribution in [0, 0.1) is 0 Å². The molecule has 0 radical (unpaired) electrons. The molecule has 0 aliphatic carbocycles. The van der Waals surface area contributed by atoms with Crippen molar-refractivity contribution in [2.45, 2.75) is 38.4 Å². The Hall–Kier alpha value is -1.55. The van der Waals surface area contributed by atoms with Crippen molar-refractivity contribution in [3.05, 3.63) is 29.8 Å². The number of piperidine rings is 1. The summed E-state index contributed by atoms with van der Waals surface area (Å²) in [7, 11) is 0. The predicted octanol–water partition coefficient (Wildman–Crippen LogP) is 2.04. The lowest BCUT2D eigenvalue weighted by atomic mass is 9.92. The molecule has 1 spiro atoms. The average Bonchev–Trinajstić information content (AvgIpc) is 2.39. The summed E-state index contributed by atoms with van der Waals surface area (Å²) in [5.74, 6) is 0.0485. The molecule has 2 aliphatic rings.